The van der Waals surface area contributed by atoms with Crippen molar-refractivity contribution < 1.29 is 9.18 Å². The van der Waals surface area contributed by atoms with Gasteiger partial charge in [0.15, 0.2) is 0 Å². The molecule has 1 amide bonds. The third kappa shape index (κ3) is 3.46. The maximum absolute atomic E-state index is 14.0. The number of likely N-dealkylation sites (tertiary alicyclic amines) is 2. The van der Waals surface area contributed by atoms with E-state index in [1.54, 1.807) is 18.2 Å². The van der Waals surface area contributed by atoms with E-state index in [0.29, 0.717) is 22.4 Å². The van der Waals surface area contributed by atoms with Crippen LogP contribution in [-0.2, 0) is 0 Å². The monoisotopic (exact) mass is 355 g/mol. The highest BCUT2D eigenvalue weighted by Crippen LogP contribution is 2.24. The summed E-state index contributed by atoms with van der Waals surface area (Å²) in [5, 5.41) is 4.35. The molecule has 2 aliphatic rings. The summed E-state index contributed by atoms with van der Waals surface area (Å²) < 4.78 is 14.0. The minimum Gasteiger partial charge on any atom is -0.348 e. The number of halogens is 1. The molecule has 4 nitrogen and oxygen atoms in total. The van der Waals surface area contributed by atoms with E-state index in [0.717, 1.165) is 32.6 Å². The molecule has 2 heterocycles. The van der Waals surface area contributed by atoms with Gasteiger partial charge in [0.25, 0.3) is 5.91 Å². The van der Waals surface area contributed by atoms with Gasteiger partial charge in [-0.3, -0.25) is 9.69 Å². The van der Waals surface area contributed by atoms with E-state index in [1.807, 2.05) is 12.1 Å². The first-order valence-electron chi connectivity index (χ1n) is 9.52. The number of hydrogen-bond donors (Lipinski definition) is 1. The first kappa shape index (κ1) is 17.4. The first-order valence-corrected chi connectivity index (χ1v) is 9.52. The molecule has 138 valence electrons. The zero-order valence-corrected chi connectivity index (χ0v) is 15.2. The Morgan fingerprint density at radius 1 is 1.04 bits per heavy atom. The van der Waals surface area contributed by atoms with Crippen molar-refractivity contribution in [3.63, 3.8) is 0 Å². The van der Waals surface area contributed by atoms with Crippen molar-refractivity contribution in [3.8, 4) is 0 Å². The van der Waals surface area contributed by atoms with E-state index in [9.17, 15) is 9.18 Å². The lowest BCUT2D eigenvalue weighted by Crippen LogP contribution is -2.44. The molecule has 2 aromatic rings. The van der Waals surface area contributed by atoms with E-state index >= 15 is 0 Å². The van der Waals surface area contributed by atoms with Crippen LogP contribution < -0.4 is 5.32 Å². The third-order valence-corrected chi connectivity index (χ3v) is 5.87. The number of carbonyl (C=O) groups excluding carboxylic acids is 1. The normalized spacial score (nSPS) is 22.8. The molecule has 0 bridgehead atoms. The van der Waals surface area contributed by atoms with Gasteiger partial charge in [0.2, 0.25) is 0 Å². The Bertz CT molecular complexity index is 801. The second kappa shape index (κ2) is 7.33. The van der Waals surface area contributed by atoms with Crippen LogP contribution in [0.4, 0.5) is 4.39 Å². The van der Waals surface area contributed by atoms with Crippen LogP contribution in [0.5, 0.6) is 0 Å². The lowest BCUT2D eigenvalue weighted by molar-refractivity contribution is 0.0933. The van der Waals surface area contributed by atoms with Crippen LogP contribution in [0.1, 0.15) is 29.6 Å². The molecule has 0 radical (unpaired) electrons. The number of fused-ring (bicyclic) bond motifs is 1. The molecule has 0 saturated carbocycles. The molecule has 1 unspecified atom stereocenters. The maximum Gasteiger partial charge on any atom is 0.252 e. The van der Waals surface area contributed by atoms with Crippen molar-refractivity contribution >= 4 is 16.7 Å². The van der Waals surface area contributed by atoms with E-state index in [2.05, 4.69) is 22.2 Å². The minimum absolute atomic E-state index is 0.101. The highest BCUT2D eigenvalue weighted by molar-refractivity contribution is 6.07. The number of amides is 1. The molecular weight excluding hydrogens is 329 g/mol. The largest absolute Gasteiger partial charge is 0.348 e. The summed E-state index contributed by atoms with van der Waals surface area (Å²) in [5.74, 6) is -0.386. The van der Waals surface area contributed by atoms with Gasteiger partial charge in [-0.2, -0.15) is 0 Å². The van der Waals surface area contributed by atoms with Crippen LogP contribution in [0.25, 0.3) is 10.8 Å². The highest BCUT2D eigenvalue weighted by atomic mass is 19.1. The van der Waals surface area contributed by atoms with Crippen molar-refractivity contribution in [2.24, 2.45) is 0 Å². The van der Waals surface area contributed by atoms with E-state index in [-0.39, 0.29) is 17.8 Å². The summed E-state index contributed by atoms with van der Waals surface area (Å²) in [6.07, 6.45) is 3.40. The van der Waals surface area contributed by atoms with E-state index in [1.165, 1.54) is 18.9 Å². The average Bonchev–Trinajstić information content (AvgIpc) is 3.11. The van der Waals surface area contributed by atoms with Gasteiger partial charge < -0.3 is 10.2 Å². The third-order valence-electron chi connectivity index (χ3n) is 5.87. The fourth-order valence-electron chi connectivity index (χ4n) is 4.32. The number of hydrogen-bond acceptors (Lipinski definition) is 3. The number of piperidine rings is 1. The van der Waals surface area contributed by atoms with Gasteiger partial charge in [-0.05, 0) is 56.9 Å². The summed E-state index contributed by atoms with van der Waals surface area (Å²) in [6.45, 7) is 4.27. The Hall–Kier alpha value is -1.98. The van der Waals surface area contributed by atoms with Crippen LogP contribution in [0, 0.1) is 5.82 Å². The second-order valence-corrected chi connectivity index (χ2v) is 7.63. The number of rotatable bonds is 3. The molecule has 5 heteroatoms. The van der Waals surface area contributed by atoms with E-state index in [4.69, 9.17) is 0 Å². The van der Waals surface area contributed by atoms with Gasteiger partial charge in [0, 0.05) is 36.1 Å². The number of benzene rings is 2. The Morgan fingerprint density at radius 3 is 2.54 bits per heavy atom. The van der Waals surface area contributed by atoms with E-state index < -0.39 is 0 Å². The first-order chi connectivity index (χ1) is 12.6. The SMILES string of the molecule is CN1CCC(N2CCC(NC(=O)c3ccc(F)c4ccccc34)C2)CC1. The standard InChI is InChI=1S/C21H26FN3O/c1-24-11-9-16(10-12-24)25-13-8-15(14-25)23-21(26)19-6-7-20(22)18-5-3-2-4-17(18)19/h2-7,15-16H,8-14H2,1H3,(H,23,26). The second-order valence-electron chi connectivity index (χ2n) is 7.63. The Morgan fingerprint density at radius 2 is 1.77 bits per heavy atom. The van der Waals surface area contributed by atoms with Crippen LogP contribution in [0.3, 0.4) is 0 Å². The number of nitrogens with one attached hydrogen (secondary N) is 1. The summed E-state index contributed by atoms with van der Waals surface area (Å²) in [4.78, 5) is 17.7. The predicted molar refractivity (Wildman–Crippen MR) is 102 cm³/mol. The van der Waals surface area contributed by atoms with Crippen LogP contribution in [-0.4, -0.2) is 61.0 Å². The van der Waals surface area contributed by atoms with Crippen molar-refractivity contribution in [3.05, 3.63) is 47.8 Å². The number of carbonyl (C=O) groups is 1. The zero-order valence-electron chi connectivity index (χ0n) is 15.2. The molecule has 2 aromatic carbocycles. The number of nitrogens with zero attached hydrogens (tertiary/aromatic N) is 2. The van der Waals surface area contributed by atoms with Gasteiger partial charge in [-0.25, -0.2) is 4.39 Å². The molecule has 2 fully saturated rings. The smallest absolute Gasteiger partial charge is 0.252 e. The van der Waals surface area contributed by atoms with Gasteiger partial charge in [0.1, 0.15) is 5.82 Å². The van der Waals surface area contributed by atoms with Crippen LogP contribution in [0.2, 0.25) is 0 Å². The van der Waals surface area contributed by atoms with Gasteiger partial charge in [-0.15, -0.1) is 0 Å². The average molecular weight is 355 g/mol. The quantitative estimate of drug-likeness (QED) is 0.920. The van der Waals surface area contributed by atoms with Crippen molar-refractivity contribution in [1.82, 2.24) is 15.1 Å². The van der Waals surface area contributed by atoms with Crippen LogP contribution >= 0.6 is 0 Å². The topological polar surface area (TPSA) is 35.6 Å². The lowest BCUT2D eigenvalue weighted by Gasteiger charge is -2.35. The summed E-state index contributed by atoms with van der Waals surface area (Å²) in [7, 11) is 2.18. The molecule has 1 N–H and O–H groups in total. The van der Waals surface area contributed by atoms with Crippen LogP contribution in [0.15, 0.2) is 36.4 Å². The molecule has 26 heavy (non-hydrogen) atoms. The molecule has 0 aliphatic carbocycles. The fourth-order valence-corrected chi connectivity index (χ4v) is 4.32. The molecule has 2 aliphatic heterocycles. The Labute approximate surface area is 154 Å². The molecular formula is C21H26FN3O. The van der Waals surface area contributed by atoms with Crippen molar-refractivity contribution in [1.29, 1.82) is 0 Å². The lowest BCUT2D eigenvalue weighted by atomic mass is 10.0. The predicted octanol–water partition coefficient (Wildman–Crippen LogP) is 2.88. The molecule has 0 spiro atoms. The maximum atomic E-state index is 14.0. The summed E-state index contributed by atoms with van der Waals surface area (Å²) in [6, 6.07) is 11.0. The molecule has 2 saturated heterocycles. The summed E-state index contributed by atoms with van der Waals surface area (Å²) in [5.41, 5.74) is 0.555. The zero-order chi connectivity index (χ0) is 18.1. The van der Waals surface area contributed by atoms with Gasteiger partial charge in [-0.1, -0.05) is 24.3 Å². The van der Waals surface area contributed by atoms with Crippen molar-refractivity contribution in [2.75, 3.05) is 33.2 Å². The molecule has 4 rings (SSSR count). The van der Waals surface area contributed by atoms with Crippen molar-refractivity contribution in [2.45, 2.75) is 31.3 Å². The Balaban J connectivity index is 1.42. The minimum atomic E-state index is -0.286. The Kier molecular flexibility index (Phi) is 4.92. The fraction of sp³-hybridized carbons (Fsp3) is 0.476. The molecule has 0 aromatic heterocycles. The molecule has 1 atom stereocenters. The van der Waals surface area contributed by atoms with Gasteiger partial charge >= 0.3 is 0 Å². The van der Waals surface area contributed by atoms with Gasteiger partial charge in [0.05, 0.1) is 0 Å². The highest BCUT2D eigenvalue weighted by Gasteiger charge is 2.31. The summed E-state index contributed by atoms with van der Waals surface area (Å²) >= 11 is 0.